The Labute approximate surface area is 123 Å². The number of aryl methyl sites for hydroxylation is 1. The number of carbonyl (C=O) groups is 1. The molecule has 0 unspecified atom stereocenters. The zero-order valence-corrected chi connectivity index (χ0v) is 11.5. The van der Waals surface area contributed by atoms with Gasteiger partial charge in [0, 0.05) is 11.8 Å². The van der Waals surface area contributed by atoms with Crippen LogP contribution in [0.3, 0.4) is 0 Å². The molecule has 0 saturated heterocycles. The molecule has 0 spiro atoms. The normalized spacial score (nSPS) is 10.2. The first-order chi connectivity index (χ1) is 9.88. The van der Waals surface area contributed by atoms with E-state index in [4.69, 9.17) is 11.6 Å². The van der Waals surface area contributed by atoms with Crippen LogP contribution in [0.4, 0.5) is 15.8 Å². The van der Waals surface area contributed by atoms with Gasteiger partial charge in [0.25, 0.3) is 11.6 Å². The van der Waals surface area contributed by atoms with Gasteiger partial charge in [-0.3, -0.25) is 14.9 Å². The molecule has 108 valence electrons. The third kappa shape index (κ3) is 3.32. The maximum absolute atomic E-state index is 13.4. The highest BCUT2D eigenvalue weighted by Gasteiger charge is 2.17. The van der Waals surface area contributed by atoms with E-state index in [2.05, 4.69) is 10.3 Å². The molecule has 0 saturated carbocycles. The Hall–Kier alpha value is -2.54. The number of aromatic nitrogens is 1. The second kappa shape index (κ2) is 5.84. The molecular formula is C13H9ClFN3O3. The maximum atomic E-state index is 13.4. The summed E-state index contributed by atoms with van der Waals surface area (Å²) in [6.07, 6.45) is 0.949. The molecule has 0 aliphatic rings. The molecule has 0 radical (unpaired) electrons. The minimum absolute atomic E-state index is 0.160. The van der Waals surface area contributed by atoms with Gasteiger partial charge in [-0.25, -0.2) is 9.37 Å². The third-order valence-electron chi connectivity index (χ3n) is 2.71. The summed E-state index contributed by atoms with van der Waals surface area (Å²) in [5, 5.41) is 12.9. The Bertz CT molecular complexity index is 737. The van der Waals surface area contributed by atoms with E-state index >= 15 is 0 Å². The highest BCUT2D eigenvalue weighted by Crippen LogP contribution is 2.21. The smallest absolute Gasteiger partial charge is 0.288 e. The summed E-state index contributed by atoms with van der Waals surface area (Å²) in [5.41, 5.74) is 0.125. The van der Waals surface area contributed by atoms with Gasteiger partial charge in [-0.2, -0.15) is 0 Å². The molecule has 2 aromatic rings. The second-order valence-corrected chi connectivity index (χ2v) is 4.57. The van der Waals surface area contributed by atoms with Gasteiger partial charge in [-0.1, -0.05) is 17.7 Å². The van der Waals surface area contributed by atoms with Gasteiger partial charge >= 0.3 is 0 Å². The summed E-state index contributed by atoms with van der Waals surface area (Å²) in [7, 11) is 0. The topological polar surface area (TPSA) is 85.1 Å². The average Bonchev–Trinajstić information content (AvgIpc) is 2.43. The van der Waals surface area contributed by atoms with Crippen LogP contribution in [0.2, 0.25) is 5.15 Å². The Kier molecular flexibility index (Phi) is 4.13. The van der Waals surface area contributed by atoms with E-state index in [0.717, 1.165) is 18.3 Å². The Morgan fingerprint density at radius 3 is 2.76 bits per heavy atom. The van der Waals surface area contributed by atoms with Gasteiger partial charge in [0.15, 0.2) is 0 Å². The SMILES string of the molecule is Cc1ccc(NC(=O)c2cc([N+](=O)[O-])cnc2Cl)cc1F. The second-order valence-electron chi connectivity index (χ2n) is 4.21. The molecule has 21 heavy (non-hydrogen) atoms. The van der Waals surface area contributed by atoms with Crippen LogP contribution in [0.5, 0.6) is 0 Å². The van der Waals surface area contributed by atoms with Crippen molar-refractivity contribution in [2.24, 2.45) is 0 Å². The molecule has 1 N–H and O–H groups in total. The predicted molar refractivity (Wildman–Crippen MR) is 75.0 cm³/mol. The Morgan fingerprint density at radius 1 is 1.43 bits per heavy atom. The van der Waals surface area contributed by atoms with Crippen LogP contribution < -0.4 is 5.32 Å². The molecule has 0 bridgehead atoms. The molecule has 1 aromatic carbocycles. The fraction of sp³-hybridized carbons (Fsp3) is 0.0769. The summed E-state index contributed by atoms with van der Waals surface area (Å²) in [6, 6.07) is 5.16. The highest BCUT2D eigenvalue weighted by atomic mass is 35.5. The van der Waals surface area contributed by atoms with E-state index in [9.17, 15) is 19.3 Å². The van der Waals surface area contributed by atoms with Gasteiger partial charge < -0.3 is 5.32 Å². The third-order valence-corrected chi connectivity index (χ3v) is 3.01. The lowest BCUT2D eigenvalue weighted by atomic mass is 10.2. The summed E-state index contributed by atoms with van der Waals surface area (Å²) in [5.74, 6) is -1.18. The van der Waals surface area contributed by atoms with E-state index in [1.807, 2.05) is 0 Å². The Balaban J connectivity index is 2.29. The van der Waals surface area contributed by atoms with Gasteiger partial charge in [-0.05, 0) is 24.6 Å². The molecule has 1 amide bonds. The molecule has 0 fully saturated rings. The first-order valence-electron chi connectivity index (χ1n) is 5.76. The van der Waals surface area contributed by atoms with Gasteiger partial charge in [0.2, 0.25) is 0 Å². The first kappa shape index (κ1) is 14.9. The summed E-state index contributed by atoms with van der Waals surface area (Å²) >= 11 is 5.75. The van der Waals surface area contributed by atoms with Gasteiger partial charge in [0.05, 0.1) is 10.5 Å². The quantitative estimate of drug-likeness (QED) is 0.535. The zero-order valence-electron chi connectivity index (χ0n) is 10.8. The number of hydrogen-bond acceptors (Lipinski definition) is 4. The van der Waals surface area contributed by atoms with E-state index in [1.54, 1.807) is 6.92 Å². The number of rotatable bonds is 3. The fourth-order valence-corrected chi connectivity index (χ4v) is 1.75. The number of pyridine rings is 1. The number of nitrogens with zero attached hydrogens (tertiary/aromatic N) is 2. The van der Waals surface area contributed by atoms with Crippen LogP contribution >= 0.6 is 11.6 Å². The number of nitrogens with one attached hydrogen (secondary N) is 1. The van der Waals surface area contributed by atoms with E-state index in [0.29, 0.717) is 5.56 Å². The van der Waals surface area contributed by atoms with Crippen molar-refractivity contribution in [2.45, 2.75) is 6.92 Å². The van der Waals surface area contributed by atoms with E-state index in [-0.39, 0.29) is 22.1 Å². The summed E-state index contributed by atoms with van der Waals surface area (Å²) < 4.78 is 13.4. The molecule has 0 aliphatic carbocycles. The van der Waals surface area contributed by atoms with Crippen LogP contribution in [0.15, 0.2) is 30.5 Å². The van der Waals surface area contributed by atoms with Crippen molar-refractivity contribution >= 4 is 28.9 Å². The van der Waals surface area contributed by atoms with Crippen molar-refractivity contribution in [3.63, 3.8) is 0 Å². The van der Waals surface area contributed by atoms with Crippen molar-refractivity contribution in [3.8, 4) is 0 Å². The standard InChI is InChI=1S/C13H9ClFN3O3/c1-7-2-3-8(4-11(7)15)17-13(19)10-5-9(18(20)21)6-16-12(10)14/h2-6H,1H3,(H,17,19). The van der Waals surface area contributed by atoms with E-state index in [1.165, 1.54) is 12.1 Å². The molecule has 8 heteroatoms. The number of nitro groups is 1. The van der Waals surface area contributed by atoms with Crippen LogP contribution in [-0.2, 0) is 0 Å². The average molecular weight is 310 g/mol. The van der Waals surface area contributed by atoms with Gasteiger partial charge in [-0.15, -0.1) is 0 Å². The van der Waals surface area contributed by atoms with Crippen LogP contribution in [0, 0.1) is 22.9 Å². The predicted octanol–water partition coefficient (Wildman–Crippen LogP) is 3.34. The monoisotopic (exact) mass is 309 g/mol. The van der Waals surface area contributed by atoms with Crippen LogP contribution in [0.25, 0.3) is 0 Å². The highest BCUT2D eigenvalue weighted by molar-refractivity contribution is 6.33. The van der Waals surface area contributed by atoms with Crippen LogP contribution in [-0.4, -0.2) is 15.8 Å². The fourth-order valence-electron chi connectivity index (χ4n) is 1.57. The van der Waals surface area contributed by atoms with Crippen molar-refractivity contribution < 1.29 is 14.1 Å². The molecule has 1 aromatic heterocycles. The molecule has 0 atom stereocenters. The molecule has 6 nitrogen and oxygen atoms in total. The Morgan fingerprint density at radius 2 is 2.14 bits per heavy atom. The molecule has 0 aliphatic heterocycles. The maximum Gasteiger partial charge on any atom is 0.288 e. The number of anilines is 1. The van der Waals surface area contributed by atoms with Crippen molar-refractivity contribution in [3.05, 3.63) is 62.7 Å². The number of amides is 1. The number of carbonyl (C=O) groups excluding carboxylic acids is 1. The number of halogens is 2. The van der Waals surface area contributed by atoms with E-state index < -0.39 is 16.6 Å². The van der Waals surface area contributed by atoms with Crippen LogP contribution in [0.1, 0.15) is 15.9 Å². The molecular weight excluding hydrogens is 301 g/mol. The first-order valence-corrected chi connectivity index (χ1v) is 6.13. The largest absolute Gasteiger partial charge is 0.322 e. The summed E-state index contributed by atoms with van der Waals surface area (Å²) in [4.78, 5) is 25.6. The minimum Gasteiger partial charge on any atom is -0.322 e. The van der Waals surface area contributed by atoms with Crippen molar-refractivity contribution in [1.29, 1.82) is 0 Å². The van der Waals surface area contributed by atoms with Crippen molar-refractivity contribution in [2.75, 3.05) is 5.32 Å². The lowest BCUT2D eigenvalue weighted by Gasteiger charge is -2.07. The summed E-state index contributed by atoms with van der Waals surface area (Å²) in [6.45, 7) is 1.59. The molecule has 2 rings (SSSR count). The lowest BCUT2D eigenvalue weighted by Crippen LogP contribution is -2.13. The zero-order chi connectivity index (χ0) is 15.6. The van der Waals surface area contributed by atoms with Gasteiger partial charge in [0.1, 0.15) is 17.2 Å². The number of benzene rings is 1. The molecule has 1 heterocycles. The van der Waals surface area contributed by atoms with Crippen molar-refractivity contribution in [1.82, 2.24) is 4.98 Å². The number of hydrogen-bond donors (Lipinski definition) is 1. The lowest BCUT2D eigenvalue weighted by molar-refractivity contribution is -0.385. The minimum atomic E-state index is -0.709.